The summed E-state index contributed by atoms with van der Waals surface area (Å²) in [6, 6.07) is 11.6. The van der Waals surface area contributed by atoms with Gasteiger partial charge in [-0.3, -0.25) is 4.79 Å². The van der Waals surface area contributed by atoms with Crippen LogP contribution in [0, 0.1) is 11.6 Å². The number of ether oxygens (including phenoxy) is 1. The van der Waals surface area contributed by atoms with Gasteiger partial charge in [-0.15, -0.1) is 0 Å². The van der Waals surface area contributed by atoms with Gasteiger partial charge in [0.1, 0.15) is 0 Å². The number of hydrogen-bond donors (Lipinski definition) is 2. The van der Waals surface area contributed by atoms with Gasteiger partial charge in [-0.1, -0.05) is 30.3 Å². The molecule has 1 fully saturated rings. The number of carbonyl (C=O) groups is 1. The second-order valence-corrected chi connectivity index (χ2v) is 7.09. The highest BCUT2D eigenvalue weighted by atomic mass is 19.2. The van der Waals surface area contributed by atoms with Crippen LogP contribution < -0.4 is 10.6 Å². The number of amides is 1. The fraction of sp³-hybridized carbons (Fsp3) is 0.381. The standard InChI is InChI=1S/C21H22F2N2O2/c22-17-6-5-14(11-18(17)23)15-7-9-24-12-19(15)25-21(26)20-16-4-2-1-3-13(16)8-10-27-20/h1-6,11,15,19-20,24H,7-10,12H2,(H,25,26). The van der Waals surface area contributed by atoms with Crippen molar-refractivity contribution < 1.29 is 18.3 Å². The zero-order chi connectivity index (χ0) is 18.8. The van der Waals surface area contributed by atoms with Gasteiger partial charge < -0.3 is 15.4 Å². The molecule has 2 heterocycles. The zero-order valence-electron chi connectivity index (χ0n) is 14.9. The number of piperidine rings is 1. The normalized spacial score (nSPS) is 24.9. The predicted octanol–water partition coefficient (Wildman–Crippen LogP) is 2.84. The van der Waals surface area contributed by atoms with Gasteiger partial charge in [-0.2, -0.15) is 0 Å². The maximum Gasteiger partial charge on any atom is 0.254 e. The van der Waals surface area contributed by atoms with Crippen molar-refractivity contribution >= 4 is 5.91 Å². The highest BCUT2D eigenvalue weighted by Crippen LogP contribution is 2.30. The number of carbonyl (C=O) groups excluding carboxylic acids is 1. The second kappa shape index (κ2) is 7.74. The van der Waals surface area contributed by atoms with E-state index < -0.39 is 17.7 Å². The van der Waals surface area contributed by atoms with Crippen molar-refractivity contribution in [3.8, 4) is 0 Å². The van der Waals surface area contributed by atoms with Gasteiger partial charge in [0.05, 0.1) is 6.61 Å². The van der Waals surface area contributed by atoms with Crippen molar-refractivity contribution in [2.24, 2.45) is 0 Å². The molecule has 1 saturated heterocycles. The van der Waals surface area contributed by atoms with E-state index in [2.05, 4.69) is 10.6 Å². The molecule has 4 rings (SSSR count). The Bertz CT molecular complexity index is 843. The molecular formula is C21H22F2N2O2. The summed E-state index contributed by atoms with van der Waals surface area (Å²) in [4.78, 5) is 12.9. The summed E-state index contributed by atoms with van der Waals surface area (Å²) in [5, 5.41) is 6.33. The molecule has 3 unspecified atom stereocenters. The lowest BCUT2D eigenvalue weighted by Crippen LogP contribution is -2.51. The van der Waals surface area contributed by atoms with Crippen molar-refractivity contribution in [1.29, 1.82) is 0 Å². The highest BCUT2D eigenvalue weighted by molar-refractivity contribution is 5.83. The van der Waals surface area contributed by atoms with Gasteiger partial charge in [-0.05, 0) is 48.2 Å². The van der Waals surface area contributed by atoms with Crippen molar-refractivity contribution in [1.82, 2.24) is 10.6 Å². The molecule has 2 aliphatic rings. The van der Waals surface area contributed by atoms with Crippen molar-refractivity contribution in [2.45, 2.75) is 30.9 Å². The first-order valence-corrected chi connectivity index (χ1v) is 9.29. The lowest BCUT2D eigenvalue weighted by Gasteiger charge is -2.35. The summed E-state index contributed by atoms with van der Waals surface area (Å²) in [6.45, 7) is 1.84. The molecule has 0 aromatic heterocycles. The molecule has 0 aliphatic carbocycles. The average molecular weight is 372 g/mol. The van der Waals surface area contributed by atoms with Crippen LogP contribution in [0.1, 0.15) is 35.1 Å². The van der Waals surface area contributed by atoms with E-state index in [9.17, 15) is 13.6 Å². The molecule has 142 valence electrons. The van der Waals surface area contributed by atoms with Gasteiger partial charge in [0.2, 0.25) is 0 Å². The summed E-state index contributed by atoms with van der Waals surface area (Å²) in [5.41, 5.74) is 2.72. The molecule has 2 aromatic rings. The highest BCUT2D eigenvalue weighted by Gasteiger charge is 2.33. The fourth-order valence-corrected chi connectivity index (χ4v) is 4.02. The Morgan fingerprint density at radius 1 is 1.15 bits per heavy atom. The molecule has 2 N–H and O–H groups in total. The number of rotatable bonds is 3. The molecular weight excluding hydrogens is 350 g/mol. The van der Waals surface area contributed by atoms with E-state index in [-0.39, 0.29) is 17.9 Å². The summed E-state index contributed by atoms with van der Waals surface area (Å²) < 4.78 is 32.7. The lowest BCUT2D eigenvalue weighted by molar-refractivity contribution is -0.135. The van der Waals surface area contributed by atoms with Crippen LogP contribution in [-0.2, 0) is 16.0 Å². The number of benzene rings is 2. The Hall–Kier alpha value is -2.31. The summed E-state index contributed by atoms with van der Waals surface area (Å²) in [6.07, 6.45) is 0.892. The van der Waals surface area contributed by atoms with Crippen molar-refractivity contribution in [2.75, 3.05) is 19.7 Å². The average Bonchev–Trinajstić information content (AvgIpc) is 2.70. The first kappa shape index (κ1) is 18.1. The van der Waals surface area contributed by atoms with Gasteiger partial charge >= 0.3 is 0 Å². The third-order valence-corrected chi connectivity index (χ3v) is 5.41. The van der Waals surface area contributed by atoms with Crippen molar-refractivity contribution in [3.05, 3.63) is 70.8 Å². The van der Waals surface area contributed by atoms with Crippen LogP contribution in [0.5, 0.6) is 0 Å². The number of nitrogens with one attached hydrogen (secondary N) is 2. The minimum atomic E-state index is -0.861. The zero-order valence-corrected chi connectivity index (χ0v) is 14.9. The SMILES string of the molecule is O=C(NC1CNCCC1c1ccc(F)c(F)c1)C1OCCc2ccccc21. The smallest absolute Gasteiger partial charge is 0.254 e. The Morgan fingerprint density at radius 3 is 2.85 bits per heavy atom. The van der Waals surface area contributed by atoms with Crippen LogP contribution in [-0.4, -0.2) is 31.6 Å². The van der Waals surface area contributed by atoms with Crippen LogP contribution in [0.25, 0.3) is 0 Å². The lowest BCUT2D eigenvalue weighted by atomic mass is 9.85. The van der Waals surface area contributed by atoms with Gasteiger partial charge in [0.25, 0.3) is 5.91 Å². The molecule has 4 nitrogen and oxygen atoms in total. The summed E-state index contributed by atoms with van der Waals surface area (Å²) >= 11 is 0. The van der Waals surface area contributed by atoms with E-state index >= 15 is 0 Å². The molecule has 27 heavy (non-hydrogen) atoms. The minimum Gasteiger partial charge on any atom is -0.363 e. The maximum atomic E-state index is 13.7. The fourth-order valence-electron chi connectivity index (χ4n) is 4.02. The van der Waals surface area contributed by atoms with Crippen LogP contribution >= 0.6 is 0 Å². The molecule has 2 aliphatic heterocycles. The third kappa shape index (κ3) is 3.73. The Morgan fingerprint density at radius 2 is 2.00 bits per heavy atom. The molecule has 0 radical (unpaired) electrons. The Labute approximate surface area is 156 Å². The predicted molar refractivity (Wildman–Crippen MR) is 97.4 cm³/mol. The number of halogens is 2. The molecule has 0 saturated carbocycles. The quantitative estimate of drug-likeness (QED) is 0.871. The molecule has 0 bridgehead atoms. The largest absolute Gasteiger partial charge is 0.363 e. The van der Waals surface area contributed by atoms with E-state index in [4.69, 9.17) is 4.74 Å². The minimum absolute atomic E-state index is 0.0795. The summed E-state index contributed by atoms with van der Waals surface area (Å²) in [7, 11) is 0. The van der Waals surface area contributed by atoms with E-state index in [0.717, 1.165) is 36.6 Å². The molecule has 2 aromatic carbocycles. The molecule has 0 spiro atoms. The number of hydrogen-bond acceptors (Lipinski definition) is 3. The van der Waals surface area contributed by atoms with E-state index in [1.54, 1.807) is 6.07 Å². The number of fused-ring (bicyclic) bond motifs is 1. The molecule has 1 amide bonds. The van der Waals surface area contributed by atoms with Gasteiger partial charge in [0.15, 0.2) is 17.7 Å². The third-order valence-electron chi connectivity index (χ3n) is 5.41. The second-order valence-electron chi connectivity index (χ2n) is 7.09. The molecule has 3 atom stereocenters. The van der Waals surface area contributed by atoms with E-state index in [1.807, 2.05) is 24.3 Å². The maximum absolute atomic E-state index is 13.7. The summed E-state index contributed by atoms with van der Waals surface area (Å²) in [5.74, 6) is -1.99. The van der Waals surface area contributed by atoms with Crippen LogP contribution in [0.2, 0.25) is 0 Å². The van der Waals surface area contributed by atoms with E-state index in [0.29, 0.717) is 18.7 Å². The van der Waals surface area contributed by atoms with Crippen molar-refractivity contribution in [3.63, 3.8) is 0 Å². The topological polar surface area (TPSA) is 50.4 Å². The van der Waals surface area contributed by atoms with Gasteiger partial charge in [-0.25, -0.2) is 8.78 Å². The first-order chi connectivity index (χ1) is 13.1. The monoisotopic (exact) mass is 372 g/mol. The first-order valence-electron chi connectivity index (χ1n) is 9.29. The molecule has 6 heteroatoms. The Kier molecular flexibility index (Phi) is 5.18. The van der Waals surface area contributed by atoms with E-state index in [1.165, 1.54) is 6.07 Å². The van der Waals surface area contributed by atoms with Crippen LogP contribution in [0.4, 0.5) is 8.78 Å². The Balaban J connectivity index is 1.53. The van der Waals surface area contributed by atoms with Crippen LogP contribution in [0.15, 0.2) is 42.5 Å². The van der Waals surface area contributed by atoms with Gasteiger partial charge in [0, 0.05) is 18.5 Å². The van der Waals surface area contributed by atoms with Crippen LogP contribution in [0.3, 0.4) is 0 Å².